The summed E-state index contributed by atoms with van der Waals surface area (Å²) in [5.41, 5.74) is 2.05. The first kappa shape index (κ1) is 17.5. The number of hydrogen-bond donors (Lipinski definition) is 2. The molecule has 0 saturated carbocycles. The van der Waals surface area contributed by atoms with Crippen LogP contribution in [0.15, 0.2) is 18.2 Å². The molecule has 0 bridgehead atoms. The number of hydrogen-bond acceptors (Lipinski definition) is 1. The van der Waals surface area contributed by atoms with Gasteiger partial charge in [-0.1, -0.05) is 17.7 Å². The minimum atomic E-state index is 0.677. The standard InChI is InChI=1S/C17H26ClN3S/c1-12(2)20(4)14-8-10-21(11-9-14)17(22)19-16-7-5-6-15(18)13(16)3/h5-7,12,14H,8-11H2,1-4H3,(H,19,22)/p+1. The summed E-state index contributed by atoms with van der Waals surface area (Å²) in [6.45, 7) is 8.65. The van der Waals surface area contributed by atoms with Gasteiger partial charge in [0.05, 0.1) is 19.1 Å². The minimum absolute atomic E-state index is 0.677. The Bertz CT molecular complexity index is 525. The Hall–Kier alpha value is -0.840. The fourth-order valence-electron chi connectivity index (χ4n) is 2.95. The molecule has 1 aromatic rings. The van der Waals surface area contributed by atoms with Crippen molar-refractivity contribution in [3.63, 3.8) is 0 Å². The van der Waals surface area contributed by atoms with Gasteiger partial charge in [-0.05, 0) is 50.7 Å². The largest absolute Gasteiger partial charge is 0.349 e. The number of nitrogens with one attached hydrogen (secondary N) is 2. The van der Waals surface area contributed by atoms with Gasteiger partial charge in [-0.15, -0.1) is 0 Å². The molecule has 1 aliphatic rings. The average Bonchev–Trinajstić information content (AvgIpc) is 2.51. The monoisotopic (exact) mass is 340 g/mol. The topological polar surface area (TPSA) is 19.7 Å². The smallest absolute Gasteiger partial charge is 0.173 e. The highest BCUT2D eigenvalue weighted by Gasteiger charge is 2.27. The molecule has 2 rings (SSSR count). The van der Waals surface area contributed by atoms with Crippen molar-refractivity contribution in [2.75, 3.05) is 25.5 Å². The summed E-state index contributed by atoms with van der Waals surface area (Å²) in [7, 11) is 2.30. The van der Waals surface area contributed by atoms with E-state index in [1.807, 2.05) is 25.1 Å². The first-order chi connectivity index (χ1) is 10.4. The molecule has 1 aliphatic heterocycles. The Labute approximate surface area is 144 Å². The van der Waals surface area contributed by atoms with Gasteiger partial charge in [0.2, 0.25) is 0 Å². The zero-order valence-electron chi connectivity index (χ0n) is 13.9. The van der Waals surface area contributed by atoms with Crippen molar-refractivity contribution in [3.8, 4) is 0 Å². The lowest BCUT2D eigenvalue weighted by atomic mass is 10.0. The van der Waals surface area contributed by atoms with E-state index in [9.17, 15) is 0 Å². The fraction of sp³-hybridized carbons (Fsp3) is 0.588. The predicted octanol–water partition coefficient (Wildman–Crippen LogP) is 2.73. The summed E-state index contributed by atoms with van der Waals surface area (Å²) in [6.07, 6.45) is 2.39. The van der Waals surface area contributed by atoms with Crippen LogP contribution in [0.25, 0.3) is 0 Å². The van der Waals surface area contributed by atoms with Gasteiger partial charge in [-0.25, -0.2) is 0 Å². The van der Waals surface area contributed by atoms with Gasteiger partial charge in [0, 0.05) is 36.6 Å². The van der Waals surface area contributed by atoms with Gasteiger partial charge >= 0.3 is 0 Å². The second-order valence-electron chi connectivity index (χ2n) is 6.50. The van der Waals surface area contributed by atoms with E-state index in [4.69, 9.17) is 23.8 Å². The molecule has 5 heteroatoms. The molecule has 2 N–H and O–H groups in total. The molecule has 0 spiro atoms. The van der Waals surface area contributed by atoms with E-state index in [1.54, 1.807) is 4.90 Å². The maximum atomic E-state index is 6.17. The highest BCUT2D eigenvalue weighted by Crippen LogP contribution is 2.23. The molecule has 3 nitrogen and oxygen atoms in total. The minimum Gasteiger partial charge on any atom is -0.349 e. The molecule has 22 heavy (non-hydrogen) atoms. The lowest BCUT2D eigenvalue weighted by molar-refractivity contribution is -0.928. The number of anilines is 1. The number of quaternary nitrogens is 1. The van der Waals surface area contributed by atoms with E-state index in [-0.39, 0.29) is 0 Å². The van der Waals surface area contributed by atoms with Gasteiger partial charge in [0.15, 0.2) is 5.11 Å². The summed E-state index contributed by atoms with van der Waals surface area (Å²) >= 11 is 11.7. The molecule has 1 fully saturated rings. The highest BCUT2D eigenvalue weighted by atomic mass is 35.5. The van der Waals surface area contributed by atoms with Gasteiger partial charge in [-0.3, -0.25) is 0 Å². The van der Waals surface area contributed by atoms with Crippen LogP contribution in [0.3, 0.4) is 0 Å². The Balaban J connectivity index is 1.91. The van der Waals surface area contributed by atoms with Crippen molar-refractivity contribution in [2.45, 2.75) is 45.7 Å². The molecule has 0 amide bonds. The third-order valence-electron chi connectivity index (χ3n) is 4.85. The Morgan fingerprint density at radius 2 is 2.00 bits per heavy atom. The van der Waals surface area contributed by atoms with E-state index in [1.165, 1.54) is 12.8 Å². The zero-order valence-corrected chi connectivity index (χ0v) is 15.5. The van der Waals surface area contributed by atoms with Crippen molar-refractivity contribution >= 4 is 34.6 Å². The lowest BCUT2D eigenvalue weighted by Gasteiger charge is -2.37. The molecule has 0 aromatic heterocycles. The number of nitrogens with zero attached hydrogens (tertiary/aromatic N) is 1. The van der Waals surface area contributed by atoms with Crippen LogP contribution in [0, 0.1) is 6.92 Å². The number of halogens is 1. The van der Waals surface area contributed by atoms with Crippen LogP contribution in [0.1, 0.15) is 32.3 Å². The second kappa shape index (κ2) is 7.62. The van der Waals surface area contributed by atoms with Crippen molar-refractivity contribution in [2.24, 2.45) is 0 Å². The maximum absolute atomic E-state index is 6.17. The molecule has 1 aromatic carbocycles. The van der Waals surface area contributed by atoms with Crippen LogP contribution in [0.5, 0.6) is 0 Å². The van der Waals surface area contributed by atoms with Gasteiger partial charge in [-0.2, -0.15) is 0 Å². The number of likely N-dealkylation sites (tertiary alicyclic amines) is 1. The van der Waals surface area contributed by atoms with E-state index >= 15 is 0 Å². The van der Waals surface area contributed by atoms with Gasteiger partial charge in [0.1, 0.15) is 0 Å². The van der Waals surface area contributed by atoms with Crippen molar-refractivity contribution < 1.29 is 4.90 Å². The second-order valence-corrected chi connectivity index (χ2v) is 7.30. The van der Waals surface area contributed by atoms with E-state index in [0.29, 0.717) is 6.04 Å². The van der Waals surface area contributed by atoms with Crippen molar-refractivity contribution in [3.05, 3.63) is 28.8 Å². The molecule has 1 atom stereocenters. The summed E-state index contributed by atoms with van der Waals surface area (Å²) in [4.78, 5) is 3.91. The summed E-state index contributed by atoms with van der Waals surface area (Å²) in [5.74, 6) is 0. The fourth-order valence-corrected chi connectivity index (χ4v) is 3.41. The molecular formula is C17H27ClN3S+. The Morgan fingerprint density at radius 3 is 2.59 bits per heavy atom. The normalized spacial score (nSPS) is 17.6. The summed E-state index contributed by atoms with van der Waals surface area (Å²) < 4.78 is 0. The Morgan fingerprint density at radius 1 is 1.36 bits per heavy atom. The molecule has 1 unspecified atom stereocenters. The predicted molar refractivity (Wildman–Crippen MR) is 99.0 cm³/mol. The molecule has 1 saturated heterocycles. The summed E-state index contributed by atoms with van der Waals surface area (Å²) in [6, 6.07) is 7.30. The van der Waals surface area contributed by atoms with Crippen LogP contribution in [-0.4, -0.2) is 42.2 Å². The first-order valence-electron chi connectivity index (χ1n) is 8.04. The number of piperidine rings is 1. The van der Waals surface area contributed by atoms with E-state index in [2.05, 4.69) is 31.1 Å². The number of benzene rings is 1. The molecule has 0 aliphatic carbocycles. The van der Waals surface area contributed by atoms with Crippen LogP contribution < -0.4 is 10.2 Å². The quantitative estimate of drug-likeness (QED) is 0.825. The highest BCUT2D eigenvalue weighted by molar-refractivity contribution is 7.80. The average molecular weight is 341 g/mol. The molecule has 1 heterocycles. The summed E-state index contributed by atoms with van der Waals surface area (Å²) in [5, 5.41) is 4.94. The van der Waals surface area contributed by atoms with E-state index in [0.717, 1.165) is 40.5 Å². The van der Waals surface area contributed by atoms with Crippen LogP contribution in [0.4, 0.5) is 5.69 Å². The van der Waals surface area contributed by atoms with Crippen molar-refractivity contribution in [1.29, 1.82) is 0 Å². The maximum Gasteiger partial charge on any atom is 0.173 e. The molecule has 0 radical (unpaired) electrons. The van der Waals surface area contributed by atoms with Gasteiger partial charge in [0.25, 0.3) is 0 Å². The molecular weight excluding hydrogens is 314 g/mol. The third-order valence-corrected chi connectivity index (χ3v) is 5.62. The zero-order chi connectivity index (χ0) is 16.3. The van der Waals surface area contributed by atoms with E-state index < -0.39 is 0 Å². The van der Waals surface area contributed by atoms with Crippen molar-refractivity contribution in [1.82, 2.24) is 4.90 Å². The third kappa shape index (κ3) is 4.12. The van der Waals surface area contributed by atoms with Crippen LogP contribution >= 0.6 is 23.8 Å². The SMILES string of the molecule is Cc1c(Cl)cccc1NC(=S)N1CCC([NH+](C)C(C)C)CC1. The van der Waals surface area contributed by atoms with Crippen LogP contribution in [-0.2, 0) is 0 Å². The first-order valence-corrected chi connectivity index (χ1v) is 8.83. The lowest BCUT2D eigenvalue weighted by Crippen LogP contribution is -3.16. The number of thiocarbonyl (C=S) groups is 1. The van der Waals surface area contributed by atoms with Crippen LogP contribution in [0.2, 0.25) is 5.02 Å². The van der Waals surface area contributed by atoms with Gasteiger partial charge < -0.3 is 15.1 Å². The number of rotatable bonds is 3. The molecule has 122 valence electrons. The Kier molecular flexibility index (Phi) is 6.07.